The second kappa shape index (κ2) is 7.38. The lowest BCUT2D eigenvalue weighted by Crippen LogP contribution is -2.36. The molecule has 8 nitrogen and oxygen atoms in total. The van der Waals surface area contributed by atoms with Crippen molar-refractivity contribution in [2.75, 3.05) is 38.3 Å². The summed E-state index contributed by atoms with van der Waals surface area (Å²) in [5.74, 6) is 2.30. The van der Waals surface area contributed by atoms with Crippen LogP contribution < -0.4 is 9.64 Å². The molecular weight excluding hydrogens is 354 g/mol. The summed E-state index contributed by atoms with van der Waals surface area (Å²) >= 11 is 0. The van der Waals surface area contributed by atoms with Gasteiger partial charge in [0.15, 0.2) is 5.16 Å². The van der Waals surface area contributed by atoms with E-state index < -0.39 is 10.8 Å². The molecule has 4 rings (SSSR count). The molecule has 1 unspecified atom stereocenters. The number of fused-ring (bicyclic) bond motifs is 1. The summed E-state index contributed by atoms with van der Waals surface area (Å²) in [5, 5.41) is 0.411. The molecule has 0 saturated carbocycles. The van der Waals surface area contributed by atoms with Gasteiger partial charge in [-0.05, 0) is 18.2 Å². The van der Waals surface area contributed by atoms with Gasteiger partial charge in [-0.3, -0.25) is 4.21 Å². The van der Waals surface area contributed by atoms with E-state index in [1.165, 1.54) is 0 Å². The Bertz CT molecular complexity index is 939. The number of rotatable bonds is 5. The van der Waals surface area contributed by atoms with Crippen LogP contribution in [0.5, 0.6) is 5.75 Å². The molecule has 1 aliphatic rings. The highest BCUT2D eigenvalue weighted by molar-refractivity contribution is 7.84. The van der Waals surface area contributed by atoms with E-state index in [4.69, 9.17) is 9.47 Å². The molecule has 2 aromatic heterocycles. The Hall–Kier alpha value is -2.52. The fourth-order valence-electron chi connectivity index (χ4n) is 2.81. The van der Waals surface area contributed by atoms with Crippen LogP contribution in [-0.2, 0) is 21.3 Å². The second-order valence-corrected chi connectivity index (χ2v) is 7.21. The first-order valence-corrected chi connectivity index (χ1v) is 9.61. The molecule has 26 heavy (non-hydrogen) atoms. The second-order valence-electron chi connectivity index (χ2n) is 5.85. The van der Waals surface area contributed by atoms with E-state index in [2.05, 4.69) is 24.8 Å². The van der Waals surface area contributed by atoms with Crippen LogP contribution in [0.2, 0.25) is 0 Å². The number of imidazole rings is 1. The molecule has 1 N–H and O–H groups in total. The number of ether oxygens (including phenoxy) is 2. The molecule has 0 bridgehead atoms. The standard InChI is InChI=1S/C17H19N5O3S/c1-24-12-2-3-13-14(10-12)20-17(19-13)26(23)11-15-18-5-4-16(21-15)22-6-8-25-9-7-22/h2-5,10H,6-9,11H2,1H3,(H,19,20). The van der Waals surface area contributed by atoms with Crippen LogP contribution >= 0.6 is 0 Å². The van der Waals surface area contributed by atoms with Gasteiger partial charge in [0.2, 0.25) is 0 Å². The molecule has 1 atom stereocenters. The van der Waals surface area contributed by atoms with E-state index in [-0.39, 0.29) is 5.75 Å². The predicted molar refractivity (Wildman–Crippen MR) is 97.8 cm³/mol. The molecule has 136 valence electrons. The SMILES string of the molecule is COc1ccc2nc(S(=O)Cc3nccc(N4CCOCC4)n3)[nH]c2c1. The highest BCUT2D eigenvalue weighted by Gasteiger charge is 2.16. The van der Waals surface area contributed by atoms with Crippen molar-refractivity contribution in [1.82, 2.24) is 19.9 Å². The number of morpholine rings is 1. The Morgan fingerprint density at radius 2 is 2.12 bits per heavy atom. The summed E-state index contributed by atoms with van der Waals surface area (Å²) < 4.78 is 23.3. The number of anilines is 1. The van der Waals surface area contributed by atoms with Gasteiger partial charge in [-0.15, -0.1) is 0 Å². The molecule has 0 aliphatic carbocycles. The van der Waals surface area contributed by atoms with Crippen LogP contribution in [0.25, 0.3) is 11.0 Å². The molecular formula is C17H19N5O3S. The van der Waals surface area contributed by atoms with Crippen molar-refractivity contribution in [3.05, 3.63) is 36.3 Å². The lowest BCUT2D eigenvalue weighted by molar-refractivity contribution is 0.122. The minimum absolute atomic E-state index is 0.204. The maximum absolute atomic E-state index is 12.7. The number of aromatic nitrogens is 4. The van der Waals surface area contributed by atoms with E-state index in [1.54, 1.807) is 13.3 Å². The summed E-state index contributed by atoms with van der Waals surface area (Å²) in [5.41, 5.74) is 1.54. The maximum Gasteiger partial charge on any atom is 0.197 e. The van der Waals surface area contributed by atoms with E-state index in [0.29, 0.717) is 24.2 Å². The molecule has 0 spiro atoms. The van der Waals surface area contributed by atoms with Crippen molar-refractivity contribution in [1.29, 1.82) is 0 Å². The first-order valence-electron chi connectivity index (χ1n) is 8.30. The average molecular weight is 373 g/mol. The maximum atomic E-state index is 12.7. The van der Waals surface area contributed by atoms with Crippen LogP contribution in [0.3, 0.4) is 0 Å². The third kappa shape index (κ3) is 3.54. The first-order chi connectivity index (χ1) is 12.7. The summed E-state index contributed by atoms with van der Waals surface area (Å²) in [7, 11) is 0.242. The molecule has 1 aliphatic heterocycles. The fraction of sp³-hybridized carbons (Fsp3) is 0.353. The van der Waals surface area contributed by atoms with Crippen molar-refractivity contribution >= 4 is 27.7 Å². The lowest BCUT2D eigenvalue weighted by Gasteiger charge is -2.27. The number of H-pyrrole nitrogens is 1. The molecule has 9 heteroatoms. The van der Waals surface area contributed by atoms with E-state index in [0.717, 1.165) is 35.7 Å². The number of hydrogen-bond acceptors (Lipinski definition) is 7. The minimum atomic E-state index is -1.36. The van der Waals surface area contributed by atoms with E-state index in [9.17, 15) is 4.21 Å². The van der Waals surface area contributed by atoms with Gasteiger partial charge in [0.05, 0.1) is 47.9 Å². The van der Waals surface area contributed by atoms with Crippen LogP contribution in [0, 0.1) is 0 Å². The zero-order valence-electron chi connectivity index (χ0n) is 14.3. The summed E-state index contributed by atoms with van der Waals surface area (Å²) in [6.45, 7) is 2.97. The average Bonchev–Trinajstić information content (AvgIpc) is 3.12. The third-order valence-electron chi connectivity index (χ3n) is 4.17. The topological polar surface area (TPSA) is 93.2 Å². The van der Waals surface area contributed by atoms with Crippen LogP contribution in [0.4, 0.5) is 5.82 Å². The van der Waals surface area contributed by atoms with Gasteiger partial charge in [-0.2, -0.15) is 0 Å². The number of hydrogen-bond donors (Lipinski definition) is 1. The number of nitrogens with one attached hydrogen (secondary N) is 1. The van der Waals surface area contributed by atoms with Gasteiger partial charge in [-0.25, -0.2) is 15.0 Å². The normalized spacial score (nSPS) is 16.0. The van der Waals surface area contributed by atoms with Crippen molar-refractivity contribution in [2.45, 2.75) is 10.9 Å². The van der Waals surface area contributed by atoms with Crippen molar-refractivity contribution in [2.24, 2.45) is 0 Å². The lowest BCUT2D eigenvalue weighted by atomic mass is 10.3. The van der Waals surface area contributed by atoms with E-state index >= 15 is 0 Å². The highest BCUT2D eigenvalue weighted by Crippen LogP contribution is 2.21. The Balaban J connectivity index is 1.52. The van der Waals surface area contributed by atoms with Gasteiger partial charge in [0.25, 0.3) is 0 Å². The number of methoxy groups -OCH3 is 1. The van der Waals surface area contributed by atoms with Crippen molar-refractivity contribution in [3.8, 4) is 5.75 Å². The van der Waals surface area contributed by atoms with Crippen molar-refractivity contribution < 1.29 is 13.7 Å². The molecule has 1 saturated heterocycles. The molecule has 3 heterocycles. The van der Waals surface area contributed by atoms with Gasteiger partial charge < -0.3 is 19.4 Å². The largest absolute Gasteiger partial charge is 0.497 e. The molecule has 0 radical (unpaired) electrons. The molecule has 3 aromatic rings. The van der Waals surface area contributed by atoms with E-state index in [1.807, 2.05) is 24.3 Å². The summed E-state index contributed by atoms with van der Waals surface area (Å²) in [4.78, 5) is 18.4. The fourth-order valence-corrected chi connectivity index (χ4v) is 3.75. The quantitative estimate of drug-likeness (QED) is 0.724. The van der Waals surface area contributed by atoms with Gasteiger partial charge >= 0.3 is 0 Å². The third-order valence-corrected chi connectivity index (χ3v) is 5.31. The van der Waals surface area contributed by atoms with Gasteiger partial charge in [0.1, 0.15) is 17.4 Å². The number of aromatic amines is 1. The van der Waals surface area contributed by atoms with Gasteiger partial charge in [0, 0.05) is 25.4 Å². The van der Waals surface area contributed by atoms with Crippen molar-refractivity contribution in [3.63, 3.8) is 0 Å². The zero-order valence-corrected chi connectivity index (χ0v) is 15.2. The zero-order chi connectivity index (χ0) is 17.9. The van der Waals surface area contributed by atoms with Crippen LogP contribution in [-0.4, -0.2) is 57.6 Å². The molecule has 1 fully saturated rings. The summed E-state index contributed by atoms with van der Waals surface area (Å²) in [6, 6.07) is 7.36. The minimum Gasteiger partial charge on any atom is -0.497 e. The summed E-state index contributed by atoms with van der Waals surface area (Å²) in [6.07, 6.45) is 1.70. The Morgan fingerprint density at radius 3 is 2.92 bits per heavy atom. The van der Waals surface area contributed by atoms with Gasteiger partial charge in [-0.1, -0.05) is 0 Å². The smallest absolute Gasteiger partial charge is 0.197 e. The Kier molecular flexibility index (Phi) is 4.81. The highest BCUT2D eigenvalue weighted by atomic mass is 32.2. The van der Waals surface area contributed by atoms with Crippen LogP contribution in [0.1, 0.15) is 5.82 Å². The molecule has 0 amide bonds. The van der Waals surface area contributed by atoms with Crippen LogP contribution in [0.15, 0.2) is 35.6 Å². The Labute approximate surface area is 153 Å². The monoisotopic (exact) mass is 373 g/mol. The molecule has 1 aromatic carbocycles. The Morgan fingerprint density at radius 1 is 1.27 bits per heavy atom. The predicted octanol–water partition coefficient (Wildman–Crippen LogP) is 1.51. The number of benzene rings is 1. The number of nitrogens with zero attached hydrogens (tertiary/aromatic N) is 4. The first kappa shape index (κ1) is 16.9.